The van der Waals surface area contributed by atoms with E-state index < -0.39 is 31.7 Å². The Labute approximate surface area is 123 Å². The van der Waals surface area contributed by atoms with Crippen LogP contribution < -0.4 is 0 Å². The molecule has 0 bridgehead atoms. The number of hydrogen-bond donors (Lipinski definition) is 0. The quantitative estimate of drug-likeness (QED) is 0.829. The van der Waals surface area contributed by atoms with E-state index in [1.54, 1.807) is 0 Å². The Kier molecular flexibility index (Phi) is 3.58. The van der Waals surface area contributed by atoms with Crippen molar-refractivity contribution in [3.05, 3.63) is 30.1 Å². The van der Waals surface area contributed by atoms with Gasteiger partial charge in [-0.3, -0.25) is 0 Å². The molecule has 1 aromatic carbocycles. The molecule has 1 atom stereocenters. The van der Waals surface area contributed by atoms with Gasteiger partial charge in [-0.15, -0.1) is 0 Å². The summed E-state index contributed by atoms with van der Waals surface area (Å²) in [6.45, 7) is 0. The second-order valence-corrected chi connectivity index (χ2v) is 9.65. The monoisotopic (exact) mass is 333 g/mol. The third-order valence-electron chi connectivity index (χ3n) is 3.85. The third-order valence-corrected chi connectivity index (χ3v) is 7.60. The van der Waals surface area contributed by atoms with Gasteiger partial charge in [-0.05, 0) is 37.5 Å². The fourth-order valence-electron chi connectivity index (χ4n) is 2.74. The smallest absolute Gasteiger partial charge is 0.229 e. The molecule has 1 saturated carbocycles. The molecule has 0 spiro atoms. The molecular formula is C13H16FNO4S2. The van der Waals surface area contributed by atoms with Gasteiger partial charge in [0, 0.05) is 12.1 Å². The van der Waals surface area contributed by atoms with Gasteiger partial charge in [0.05, 0.1) is 16.4 Å². The molecular weight excluding hydrogens is 317 g/mol. The molecule has 1 aliphatic carbocycles. The van der Waals surface area contributed by atoms with Crippen LogP contribution in [0.2, 0.25) is 0 Å². The summed E-state index contributed by atoms with van der Waals surface area (Å²) >= 11 is 0. The van der Waals surface area contributed by atoms with Gasteiger partial charge < -0.3 is 0 Å². The number of benzene rings is 1. The molecule has 116 valence electrons. The normalized spacial score (nSPS) is 25.3. The number of halogens is 1. The van der Waals surface area contributed by atoms with Crippen LogP contribution in [0.5, 0.6) is 0 Å². The van der Waals surface area contributed by atoms with Crippen LogP contribution in [0.3, 0.4) is 0 Å². The van der Waals surface area contributed by atoms with Crippen LogP contribution in [0.15, 0.2) is 29.2 Å². The minimum atomic E-state index is -3.87. The fraction of sp³-hybridized carbons (Fsp3) is 0.538. The molecule has 2 aliphatic rings. The van der Waals surface area contributed by atoms with Crippen molar-refractivity contribution in [1.82, 2.24) is 4.31 Å². The van der Waals surface area contributed by atoms with Gasteiger partial charge in [-0.2, -0.15) is 4.31 Å². The number of sulfone groups is 1. The second-order valence-electron chi connectivity index (χ2n) is 5.58. The Hall–Kier alpha value is -0.990. The maximum absolute atomic E-state index is 13.3. The highest BCUT2D eigenvalue weighted by Gasteiger charge is 2.46. The molecule has 0 N–H and O–H groups in total. The van der Waals surface area contributed by atoms with Crippen LogP contribution in [0.4, 0.5) is 4.39 Å². The van der Waals surface area contributed by atoms with Gasteiger partial charge in [0.15, 0.2) is 9.84 Å². The largest absolute Gasteiger partial charge is 0.243 e. The predicted molar refractivity (Wildman–Crippen MR) is 75.5 cm³/mol. The molecule has 1 aliphatic heterocycles. The predicted octanol–water partition coefficient (Wildman–Crippen LogP) is 1.17. The summed E-state index contributed by atoms with van der Waals surface area (Å²) in [6.07, 6.45) is 1.77. The first kappa shape index (κ1) is 14.9. The molecule has 21 heavy (non-hydrogen) atoms. The zero-order valence-corrected chi connectivity index (χ0v) is 12.9. The summed E-state index contributed by atoms with van der Waals surface area (Å²) in [5.41, 5.74) is 0. The first-order chi connectivity index (χ1) is 9.79. The lowest BCUT2D eigenvalue weighted by atomic mass is 10.2. The van der Waals surface area contributed by atoms with Crippen molar-refractivity contribution in [2.45, 2.75) is 36.2 Å². The second kappa shape index (κ2) is 5.03. The fourth-order valence-corrected chi connectivity index (χ4v) is 6.48. The number of sulfonamides is 1. The minimum absolute atomic E-state index is 0.0134. The van der Waals surface area contributed by atoms with Gasteiger partial charge in [0.2, 0.25) is 10.0 Å². The summed E-state index contributed by atoms with van der Waals surface area (Å²) < 4.78 is 63.3. The molecule has 1 saturated heterocycles. The summed E-state index contributed by atoms with van der Waals surface area (Å²) in [5.74, 6) is -0.747. The average Bonchev–Trinajstić information content (AvgIpc) is 3.14. The van der Waals surface area contributed by atoms with E-state index in [2.05, 4.69) is 0 Å². The van der Waals surface area contributed by atoms with E-state index in [1.807, 2.05) is 0 Å². The highest BCUT2D eigenvalue weighted by Crippen LogP contribution is 2.36. The standard InChI is InChI=1S/C13H16FNO4S2/c14-10-2-1-3-13(8-10)21(18,19)15(11-4-5-11)12-6-7-20(16,17)9-12/h1-3,8,11-12H,4-7,9H2/t12-/m1/s1. The Morgan fingerprint density at radius 2 is 1.86 bits per heavy atom. The van der Waals surface area contributed by atoms with Crippen molar-refractivity contribution < 1.29 is 21.2 Å². The van der Waals surface area contributed by atoms with Crippen molar-refractivity contribution in [3.8, 4) is 0 Å². The van der Waals surface area contributed by atoms with Crippen molar-refractivity contribution in [3.63, 3.8) is 0 Å². The highest BCUT2D eigenvalue weighted by molar-refractivity contribution is 7.92. The van der Waals surface area contributed by atoms with Crippen LogP contribution in [-0.4, -0.2) is 44.7 Å². The molecule has 8 heteroatoms. The maximum Gasteiger partial charge on any atom is 0.243 e. The molecule has 0 amide bonds. The van der Waals surface area contributed by atoms with Gasteiger partial charge >= 0.3 is 0 Å². The van der Waals surface area contributed by atoms with Gasteiger partial charge in [0.25, 0.3) is 0 Å². The Balaban J connectivity index is 1.98. The number of hydrogen-bond acceptors (Lipinski definition) is 4. The average molecular weight is 333 g/mol. The lowest BCUT2D eigenvalue weighted by molar-refractivity contribution is 0.332. The first-order valence-electron chi connectivity index (χ1n) is 6.79. The molecule has 1 heterocycles. The first-order valence-corrected chi connectivity index (χ1v) is 10.1. The van der Waals surface area contributed by atoms with E-state index in [4.69, 9.17) is 0 Å². The molecule has 5 nitrogen and oxygen atoms in total. The summed E-state index contributed by atoms with van der Waals surface area (Å²) in [6, 6.07) is 4.16. The molecule has 0 unspecified atom stereocenters. The van der Waals surface area contributed by atoms with Crippen LogP contribution in [0.1, 0.15) is 19.3 Å². The molecule has 0 aromatic heterocycles. The van der Waals surface area contributed by atoms with Crippen molar-refractivity contribution in [1.29, 1.82) is 0 Å². The van der Waals surface area contributed by atoms with Crippen molar-refractivity contribution >= 4 is 19.9 Å². The molecule has 1 aromatic rings. The van der Waals surface area contributed by atoms with Crippen LogP contribution in [-0.2, 0) is 19.9 Å². The van der Waals surface area contributed by atoms with E-state index in [0.29, 0.717) is 6.42 Å². The summed E-state index contributed by atoms with van der Waals surface area (Å²) in [4.78, 5) is -0.112. The Morgan fingerprint density at radius 1 is 1.14 bits per heavy atom. The lowest BCUT2D eigenvalue weighted by Gasteiger charge is -2.27. The van der Waals surface area contributed by atoms with E-state index in [-0.39, 0.29) is 22.4 Å². The van der Waals surface area contributed by atoms with Crippen LogP contribution >= 0.6 is 0 Å². The molecule has 3 rings (SSSR count). The van der Waals surface area contributed by atoms with Gasteiger partial charge in [-0.25, -0.2) is 21.2 Å². The van der Waals surface area contributed by atoms with Crippen molar-refractivity contribution in [2.75, 3.05) is 11.5 Å². The van der Waals surface area contributed by atoms with Crippen LogP contribution in [0.25, 0.3) is 0 Å². The number of rotatable bonds is 4. The maximum atomic E-state index is 13.3. The molecule has 2 fully saturated rings. The van der Waals surface area contributed by atoms with Gasteiger partial charge in [-0.1, -0.05) is 6.07 Å². The SMILES string of the molecule is O=S1(=O)CC[C@@H](N(C2CC2)S(=O)(=O)c2cccc(F)c2)C1. The van der Waals surface area contributed by atoms with E-state index in [0.717, 1.165) is 18.9 Å². The molecule has 0 radical (unpaired) electrons. The van der Waals surface area contributed by atoms with Gasteiger partial charge in [0.1, 0.15) is 5.82 Å². The topological polar surface area (TPSA) is 71.5 Å². The highest BCUT2D eigenvalue weighted by atomic mass is 32.2. The minimum Gasteiger partial charge on any atom is -0.229 e. The third kappa shape index (κ3) is 2.97. The Bertz CT molecular complexity index is 756. The van der Waals surface area contributed by atoms with Crippen LogP contribution in [0, 0.1) is 5.82 Å². The van der Waals surface area contributed by atoms with E-state index in [9.17, 15) is 21.2 Å². The summed E-state index contributed by atoms with van der Waals surface area (Å²) in [7, 11) is -7.04. The summed E-state index contributed by atoms with van der Waals surface area (Å²) in [5, 5.41) is 0. The van der Waals surface area contributed by atoms with E-state index >= 15 is 0 Å². The Morgan fingerprint density at radius 3 is 2.38 bits per heavy atom. The zero-order valence-electron chi connectivity index (χ0n) is 11.3. The van der Waals surface area contributed by atoms with Crippen molar-refractivity contribution in [2.24, 2.45) is 0 Å². The zero-order chi connectivity index (χ0) is 15.3. The number of nitrogens with zero attached hydrogens (tertiary/aromatic N) is 1. The van der Waals surface area contributed by atoms with E-state index in [1.165, 1.54) is 22.5 Å². The lowest BCUT2D eigenvalue weighted by Crippen LogP contribution is -2.42.